The topological polar surface area (TPSA) is 103 Å². The van der Waals surface area contributed by atoms with Crippen LogP contribution in [-0.4, -0.2) is 41.1 Å². The number of nitrogens with one attached hydrogen (secondary N) is 1. The smallest absolute Gasteiger partial charge is 0.278 e. The maximum atomic E-state index is 14.2. The lowest BCUT2D eigenvalue weighted by Crippen LogP contribution is -2.15. The fourth-order valence-corrected chi connectivity index (χ4v) is 3.12. The zero-order valence-electron chi connectivity index (χ0n) is 16.9. The van der Waals surface area contributed by atoms with E-state index in [0.29, 0.717) is 17.2 Å². The number of aryl methyl sites for hydroxylation is 4. The minimum absolute atomic E-state index is 0.131. The van der Waals surface area contributed by atoms with Crippen molar-refractivity contribution in [2.24, 2.45) is 0 Å². The van der Waals surface area contributed by atoms with E-state index in [-0.39, 0.29) is 11.4 Å². The van der Waals surface area contributed by atoms with Crippen LogP contribution in [0.2, 0.25) is 0 Å². The summed E-state index contributed by atoms with van der Waals surface area (Å²) >= 11 is 0. The van der Waals surface area contributed by atoms with Crippen LogP contribution >= 0.6 is 0 Å². The summed E-state index contributed by atoms with van der Waals surface area (Å²) < 4.78 is 15.5. The molecular formula is C20H19FN8O. The Morgan fingerprint density at radius 2 is 1.80 bits per heavy atom. The van der Waals surface area contributed by atoms with Crippen LogP contribution in [0, 0.1) is 33.5 Å². The third-order valence-electron chi connectivity index (χ3n) is 4.62. The summed E-state index contributed by atoms with van der Waals surface area (Å²) in [7, 11) is 0. The van der Waals surface area contributed by atoms with E-state index in [9.17, 15) is 9.18 Å². The fourth-order valence-electron chi connectivity index (χ4n) is 3.12. The number of carbonyl (C=O) groups excluding carboxylic acids is 1. The second-order valence-corrected chi connectivity index (χ2v) is 6.97. The van der Waals surface area contributed by atoms with Gasteiger partial charge in [-0.2, -0.15) is 14.6 Å². The summed E-state index contributed by atoms with van der Waals surface area (Å²) in [5.41, 5.74) is 4.09. The number of anilines is 1. The van der Waals surface area contributed by atoms with Crippen molar-refractivity contribution in [3.05, 3.63) is 70.6 Å². The first-order valence-electron chi connectivity index (χ1n) is 9.21. The van der Waals surface area contributed by atoms with Gasteiger partial charge in [-0.25, -0.2) is 4.39 Å². The maximum Gasteiger partial charge on any atom is 0.278 e. The van der Waals surface area contributed by atoms with Gasteiger partial charge in [0.1, 0.15) is 11.5 Å². The highest BCUT2D eigenvalue weighted by molar-refractivity contribution is 6.03. The molecule has 2 heterocycles. The summed E-state index contributed by atoms with van der Waals surface area (Å²) in [5, 5.41) is 22.5. The molecule has 0 radical (unpaired) electrons. The standard InChI is InChI=1S/C20H19FN8O/c1-11-5-8-17(12(2)9-11)29-24-13(3)19(25-29)20(30)22-15-6-7-16(21)18(10-15)28-14(4)23-26-27-28/h5-10H,1-4H3,(H,22,30). The Balaban J connectivity index is 1.62. The lowest BCUT2D eigenvalue weighted by Gasteiger charge is -2.08. The molecule has 2 aromatic carbocycles. The maximum absolute atomic E-state index is 14.2. The van der Waals surface area contributed by atoms with Gasteiger partial charge in [-0.15, -0.1) is 10.2 Å². The van der Waals surface area contributed by atoms with Crippen molar-refractivity contribution in [3.8, 4) is 11.4 Å². The molecule has 0 unspecified atom stereocenters. The third-order valence-corrected chi connectivity index (χ3v) is 4.62. The van der Waals surface area contributed by atoms with E-state index >= 15 is 0 Å². The van der Waals surface area contributed by atoms with Crippen LogP contribution in [0.4, 0.5) is 10.1 Å². The van der Waals surface area contributed by atoms with Crippen LogP contribution in [-0.2, 0) is 0 Å². The predicted molar refractivity (Wildman–Crippen MR) is 107 cm³/mol. The number of rotatable bonds is 4. The third kappa shape index (κ3) is 3.54. The van der Waals surface area contributed by atoms with Gasteiger partial charge in [0.2, 0.25) is 0 Å². The van der Waals surface area contributed by atoms with E-state index < -0.39 is 11.7 Å². The van der Waals surface area contributed by atoms with Crippen LogP contribution < -0.4 is 5.32 Å². The molecule has 4 aromatic rings. The van der Waals surface area contributed by atoms with Crippen LogP contribution in [0.5, 0.6) is 0 Å². The lowest BCUT2D eigenvalue weighted by atomic mass is 10.1. The highest BCUT2D eigenvalue weighted by atomic mass is 19.1. The van der Waals surface area contributed by atoms with Crippen LogP contribution in [0.1, 0.15) is 33.1 Å². The van der Waals surface area contributed by atoms with Crippen molar-refractivity contribution >= 4 is 11.6 Å². The average molecular weight is 406 g/mol. The highest BCUT2D eigenvalue weighted by Crippen LogP contribution is 2.20. The molecule has 0 fully saturated rings. The molecule has 4 rings (SSSR count). The second kappa shape index (κ2) is 7.47. The van der Waals surface area contributed by atoms with E-state index in [1.54, 1.807) is 13.8 Å². The van der Waals surface area contributed by atoms with E-state index in [1.165, 1.54) is 27.7 Å². The molecular weight excluding hydrogens is 387 g/mol. The number of hydrogen-bond donors (Lipinski definition) is 1. The minimum Gasteiger partial charge on any atom is -0.320 e. The summed E-state index contributed by atoms with van der Waals surface area (Å²) in [4.78, 5) is 14.2. The Bertz CT molecular complexity index is 1260. The number of aromatic nitrogens is 7. The Hall–Kier alpha value is -3.95. The molecule has 1 N–H and O–H groups in total. The largest absolute Gasteiger partial charge is 0.320 e. The molecule has 152 valence electrons. The van der Waals surface area contributed by atoms with Gasteiger partial charge in [-0.3, -0.25) is 4.79 Å². The Morgan fingerprint density at radius 1 is 1.00 bits per heavy atom. The van der Waals surface area contributed by atoms with Gasteiger partial charge in [0.25, 0.3) is 5.91 Å². The highest BCUT2D eigenvalue weighted by Gasteiger charge is 2.18. The Kier molecular flexibility index (Phi) is 4.82. The summed E-state index contributed by atoms with van der Waals surface area (Å²) in [6.07, 6.45) is 0. The van der Waals surface area contributed by atoms with Gasteiger partial charge in [0, 0.05) is 5.69 Å². The van der Waals surface area contributed by atoms with Crippen molar-refractivity contribution < 1.29 is 9.18 Å². The number of hydrogen-bond acceptors (Lipinski definition) is 6. The molecule has 0 atom stereocenters. The Labute approximate surface area is 171 Å². The molecule has 0 aliphatic heterocycles. The van der Waals surface area contributed by atoms with Crippen molar-refractivity contribution in [3.63, 3.8) is 0 Å². The van der Waals surface area contributed by atoms with Crippen LogP contribution in [0.15, 0.2) is 36.4 Å². The number of nitrogens with zero attached hydrogens (tertiary/aromatic N) is 7. The SMILES string of the molecule is Cc1ccc(-n2nc(C)c(C(=O)Nc3ccc(F)c(-n4nnnc4C)c3)n2)c(C)c1. The summed E-state index contributed by atoms with van der Waals surface area (Å²) in [6, 6.07) is 10.1. The molecule has 1 amide bonds. The monoisotopic (exact) mass is 406 g/mol. The number of tetrazole rings is 1. The average Bonchev–Trinajstić information content (AvgIpc) is 3.29. The number of halogens is 1. The molecule has 0 spiro atoms. The molecule has 2 aromatic heterocycles. The lowest BCUT2D eigenvalue weighted by molar-refractivity contribution is 0.102. The predicted octanol–water partition coefficient (Wildman–Crippen LogP) is 2.87. The minimum atomic E-state index is -0.514. The van der Waals surface area contributed by atoms with Crippen LogP contribution in [0.25, 0.3) is 11.4 Å². The molecule has 0 bridgehead atoms. The normalized spacial score (nSPS) is 11.0. The molecule has 10 heteroatoms. The van der Waals surface area contributed by atoms with Gasteiger partial charge in [0.05, 0.1) is 11.4 Å². The molecule has 0 aliphatic carbocycles. The van der Waals surface area contributed by atoms with E-state index in [4.69, 9.17) is 0 Å². The van der Waals surface area contributed by atoms with Gasteiger partial charge in [-0.1, -0.05) is 17.7 Å². The number of carbonyl (C=O) groups is 1. The van der Waals surface area contributed by atoms with Crippen LogP contribution in [0.3, 0.4) is 0 Å². The first-order chi connectivity index (χ1) is 14.3. The van der Waals surface area contributed by atoms with Gasteiger partial charge < -0.3 is 5.32 Å². The first-order valence-corrected chi connectivity index (χ1v) is 9.21. The summed E-state index contributed by atoms with van der Waals surface area (Å²) in [5.74, 6) is -0.542. The van der Waals surface area contributed by atoms with E-state index in [2.05, 4.69) is 31.0 Å². The van der Waals surface area contributed by atoms with E-state index in [1.807, 2.05) is 32.0 Å². The molecule has 0 saturated carbocycles. The zero-order chi connectivity index (χ0) is 21.4. The molecule has 9 nitrogen and oxygen atoms in total. The van der Waals surface area contributed by atoms with E-state index in [0.717, 1.165) is 16.8 Å². The van der Waals surface area contributed by atoms with Crippen molar-refractivity contribution in [2.75, 3.05) is 5.32 Å². The molecule has 30 heavy (non-hydrogen) atoms. The number of benzene rings is 2. The van der Waals surface area contributed by atoms with Gasteiger partial charge >= 0.3 is 0 Å². The van der Waals surface area contributed by atoms with Crippen molar-refractivity contribution in [2.45, 2.75) is 27.7 Å². The molecule has 0 saturated heterocycles. The zero-order valence-corrected chi connectivity index (χ0v) is 16.9. The first kappa shape index (κ1) is 19.4. The van der Waals surface area contributed by atoms with Gasteiger partial charge in [-0.05, 0) is 68.0 Å². The summed E-state index contributed by atoms with van der Waals surface area (Å²) in [6.45, 7) is 7.33. The van der Waals surface area contributed by atoms with Crippen molar-refractivity contribution in [1.29, 1.82) is 0 Å². The fraction of sp³-hybridized carbons (Fsp3) is 0.200. The van der Waals surface area contributed by atoms with Crippen molar-refractivity contribution in [1.82, 2.24) is 35.2 Å². The number of amides is 1. The Morgan fingerprint density at radius 3 is 2.50 bits per heavy atom. The van der Waals surface area contributed by atoms with Gasteiger partial charge in [0.15, 0.2) is 11.5 Å². The quantitative estimate of drug-likeness (QED) is 0.559. The molecule has 0 aliphatic rings. The second-order valence-electron chi connectivity index (χ2n) is 6.97.